The van der Waals surface area contributed by atoms with Gasteiger partial charge in [0.2, 0.25) is 6.10 Å². The summed E-state index contributed by atoms with van der Waals surface area (Å²) in [5.41, 5.74) is 2.84. The molecule has 0 aliphatic carbocycles. The summed E-state index contributed by atoms with van der Waals surface area (Å²) in [6.07, 6.45) is 0.184. The molecule has 1 aliphatic heterocycles. The zero-order valence-electron chi connectivity index (χ0n) is 16.4. The largest absolute Gasteiger partial charge is 0.485 e. The number of carbonyl (C=O) groups excluding carboxylic acids is 1. The predicted octanol–water partition coefficient (Wildman–Crippen LogP) is 5.36. The molecule has 1 aliphatic rings. The summed E-state index contributed by atoms with van der Waals surface area (Å²) in [6.45, 7) is 2.26. The zero-order chi connectivity index (χ0) is 20.5. The van der Waals surface area contributed by atoms with Gasteiger partial charge in [-0.25, -0.2) is 4.98 Å². The molecule has 0 N–H and O–H groups in total. The molecule has 0 fully saturated rings. The molecule has 0 unspecified atom stereocenters. The molecule has 0 radical (unpaired) electrons. The molecule has 2 heterocycles. The summed E-state index contributed by atoms with van der Waals surface area (Å²) in [5, 5.41) is 0.618. The number of aryl methyl sites for hydroxylation is 1. The summed E-state index contributed by atoms with van der Waals surface area (Å²) in [5.74, 6) is 1.03. The Bertz CT molecular complexity index is 1170. The first-order valence-electron chi connectivity index (χ1n) is 9.90. The lowest BCUT2D eigenvalue weighted by Crippen LogP contribution is -2.44. The minimum atomic E-state index is -0.752. The van der Waals surface area contributed by atoms with Crippen LogP contribution in [0.3, 0.4) is 0 Å². The quantitative estimate of drug-likeness (QED) is 0.449. The second kappa shape index (κ2) is 7.80. The number of rotatable bonds is 4. The number of carbonyl (C=O) groups is 1. The Morgan fingerprint density at radius 1 is 1.03 bits per heavy atom. The number of para-hydroxylation sites is 3. The number of hydrogen-bond acceptors (Lipinski definition) is 5. The molecule has 150 valence electrons. The van der Waals surface area contributed by atoms with Gasteiger partial charge >= 0.3 is 0 Å². The number of nitrogens with zero attached hydrogens (tertiary/aromatic N) is 2. The highest BCUT2D eigenvalue weighted by Crippen LogP contribution is 2.36. The third-order valence-corrected chi connectivity index (χ3v) is 6.10. The van der Waals surface area contributed by atoms with Crippen LogP contribution >= 0.6 is 11.3 Å². The van der Waals surface area contributed by atoms with Crippen molar-refractivity contribution >= 4 is 38.3 Å². The summed E-state index contributed by atoms with van der Waals surface area (Å²) < 4.78 is 12.8. The van der Waals surface area contributed by atoms with E-state index in [9.17, 15) is 4.79 Å². The van der Waals surface area contributed by atoms with Crippen LogP contribution < -0.4 is 14.4 Å². The summed E-state index contributed by atoms with van der Waals surface area (Å²) in [6, 6.07) is 23.3. The van der Waals surface area contributed by atoms with Crippen LogP contribution in [0.25, 0.3) is 10.2 Å². The lowest BCUT2D eigenvalue weighted by molar-refractivity contribution is -0.126. The monoisotopic (exact) mass is 416 g/mol. The van der Waals surface area contributed by atoms with Crippen LogP contribution in [-0.2, 0) is 11.2 Å². The highest BCUT2D eigenvalue weighted by atomic mass is 32.1. The van der Waals surface area contributed by atoms with Gasteiger partial charge in [0.15, 0.2) is 16.6 Å². The Labute approximate surface area is 178 Å². The Morgan fingerprint density at radius 2 is 1.77 bits per heavy atom. The van der Waals surface area contributed by atoms with E-state index < -0.39 is 6.10 Å². The van der Waals surface area contributed by atoms with E-state index >= 15 is 0 Å². The molecule has 1 amide bonds. The van der Waals surface area contributed by atoms with Crippen LogP contribution in [0.5, 0.6) is 11.5 Å². The fourth-order valence-corrected chi connectivity index (χ4v) is 4.45. The first kappa shape index (κ1) is 18.6. The normalized spacial score (nSPS) is 15.2. The van der Waals surface area contributed by atoms with Crippen LogP contribution in [0.2, 0.25) is 0 Å². The van der Waals surface area contributed by atoms with Crippen molar-refractivity contribution in [2.75, 3.05) is 11.5 Å². The van der Waals surface area contributed by atoms with Crippen molar-refractivity contribution in [2.45, 2.75) is 19.4 Å². The van der Waals surface area contributed by atoms with Gasteiger partial charge in [-0.3, -0.25) is 9.69 Å². The van der Waals surface area contributed by atoms with Crippen LogP contribution in [0.15, 0.2) is 72.8 Å². The van der Waals surface area contributed by atoms with Gasteiger partial charge in [-0.15, -0.1) is 0 Å². The van der Waals surface area contributed by atoms with Crippen molar-refractivity contribution < 1.29 is 14.3 Å². The van der Waals surface area contributed by atoms with Gasteiger partial charge in [-0.05, 0) is 48.4 Å². The van der Waals surface area contributed by atoms with E-state index in [2.05, 4.69) is 6.92 Å². The van der Waals surface area contributed by atoms with Crippen molar-refractivity contribution in [3.63, 3.8) is 0 Å². The third-order valence-electron chi connectivity index (χ3n) is 5.08. The van der Waals surface area contributed by atoms with Gasteiger partial charge in [-0.2, -0.15) is 0 Å². The van der Waals surface area contributed by atoms with E-state index in [1.165, 1.54) is 16.9 Å². The van der Waals surface area contributed by atoms with Crippen LogP contribution in [0.4, 0.5) is 10.8 Å². The number of benzene rings is 3. The van der Waals surface area contributed by atoms with Crippen molar-refractivity contribution in [3.8, 4) is 11.5 Å². The minimum Gasteiger partial charge on any atom is -0.485 e. The Kier molecular flexibility index (Phi) is 4.85. The molecule has 30 heavy (non-hydrogen) atoms. The second-order valence-corrected chi connectivity index (χ2v) is 8.03. The van der Waals surface area contributed by atoms with Crippen molar-refractivity contribution in [1.29, 1.82) is 0 Å². The van der Waals surface area contributed by atoms with E-state index in [0.29, 0.717) is 16.6 Å². The highest BCUT2D eigenvalue weighted by molar-refractivity contribution is 7.22. The average molecular weight is 417 g/mol. The van der Waals surface area contributed by atoms with Crippen molar-refractivity contribution in [3.05, 3.63) is 78.4 Å². The van der Waals surface area contributed by atoms with Gasteiger partial charge in [0, 0.05) is 0 Å². The van der Waals surface area contributed by atoms with Gasteiger partial charge in [-0.1, -0.05) is 54.7 Å². The SMILES string of the molecule is CCc1ccc(N(C(=O)[C@@H]2COc3ccccc3O2)c2nc3ccccc3s2)cc1. The summed E-state index contributed by atoms with van der Waals surface area (Å²) in [7, 11) is 0. The van der Waals surface area contributed by atoms with Crippen LogP contribution in [0, 0.1) is 0 Å². The summed E-state index contributed by atoms with van der Waals surface area (Å²) >= 11 is 1.49. The summed E-state index contributed by atoms with van der Waals surface area (Å²) in [4.78, 5) is 20.0. The zero-order valence-corrected chi connectivity index (χ0v) is 17.3. The lowest BCUT2D eigenvalue weighted by Gasteiger charge is -2.29. The lowest BCUT2D eigenvalue weighted by atomic mass is 10.1. The number of anilines is 2. The van der Waals surface area contributed by atoms with E-state index in [1.54, 1.807) is 4.90 Å². The maximum Gasteiger partial charge on any atom is 0.278 e. The predicted molar refractivity (Wildman–Crippen MR) is 119 cm³/mol. The molecule has 6 heteroatoms. The molecule has 3 aromatic carbocycles. The molecule has 0 saturated carbocycles. The third kappa shape index (κ3) is 3.39. The smallest absolute Gasteiger partial charge is 0.278 e. The van der Waals surface area contributed by atoms with Gasteiger partial charge in [0.25, 0.3) is 5.91 Å². The van der Waals surface area contributed by atoms with Crippen molar-refractivity contribution in [2.24, 2.45) is 0 Å². The van der Waals surface area contributed by atoms with Gasteiger partial charge < -0.3 is 9.47 Å². The average Bonchev–Trinajstić information content (AvgIpc) is 3.23. The first-order chi connectivity index (χ1) is 14.7. The number of fused-ring (bicyclic) bond motifs is 2. The number of hydrogen-bond donors (Lipinski definition) is 0. The molecule has 0 spiro atoms. The fraction of sp³-hybridized carbons (Fsp3) is 0.167. The van der Waals surface area contributed by atoms with E-state index in [4.69, 9.17) is 14.5 Å². The molecule has 4 aromatic rings. The van der Waals surface area contributed by atoms with E-state index in [1.807, 2.05) is 72.8 Å². The molecule has 0 bridgehead atoms. The minimum absolute atomic E-state index is 0.157. The number of ether oxygens (including phenoxy) is 2. The Hall–Kier alpha value is -3.38. The number of thiazole rings is 1. The molecule has 5 nitrogen and oxygen atoms in total. The van der Waals surface area contributed by atoms with Crippen molar-refractivity contribution in [1.82, 2.24) is 4.98 Å². The van der Waals surface area contributed by atoms with E-state index in [-0.39, 0.29) is 12.5 Å². The van der Waals surface area contributed by atoms with Crippen LogP contribution in [0.1, 0.15) is 12.5 Å². The number of amides is 1. The fourth-order valence-electron chi connectivity index (χ4n) is 3.45. The standard InChI is InChI=1S/C24H20N2O3S/c1-2-16-11-13-17(14-12-16)26(24-25-18-7-3-6-10-22(18)30-24)23(27)21-15-28-19-8-4-5-9-20(19)29-21/h3-14,21H,2,15H2,1H3/t21-/m0/s1. The molecule has 5 rings (SSSR count). The first-order valence-corrected chi connectivity index (χ1v) is 10.7. The molecule has 1 atom stereocenters. The molecular weight excluding hydrogens is 396 g/mol. The maximum atomic E-state index is 13.6. The molecule has 1 aromatic heterocycles. The number of aromatic nitrogens is 1. The van der Waals surface area contributed by atoms with Crippen LogP contribution in [-0.4, -0.2) is 23.6 Å². The topological polar surface area (TPSA) is 51.7 Å². The van der Waals surface area contributed by atoms with Gasteiger partial charge in [0.1, 0.15) is 6.61 Å². The molecular formula is C24H20N2O3S. The van der Waals surface area contributed by atoms with Gasteiger partial charge in [0.05, 0.1) is 15.9 Å². The molecule has 0 saturated heterocycles. The Morgan fingerprint density at radius 3 is 2.53 bits per heavy atom. The van der Waals surface area contributed by atoms with E-state index in [0.717, 1.165) is 22.3 Å². The maximum absolute atomic E-state index is 13.6. The highest BCUT2D eigenvalue weighted by Gasteiger charge is 2.34. The Balaban J connectivity index is 1.54. The second-order valence-electron chi connectivity index (χ2n) is 7.02.